The maximum Gasteiger partial charge on any atom is 0.215 e. The molecule has 1 aromatic carbocycles. The first-order valence-electron chi connectivity index (χ1n) is 6.41. The summed E-state index contributed by atoms with van der Waals surface area (Å²) in [5.41, 5.74) is -0.549. The van der Waals surface area contributed by atoms with Crippen molar-refractivity contribution in [2.75, 3.05) is 19.8 Å². The van der Waals surface area contributed by atoms with Gasteiger partial charge in [-0.05, 0) is 17.7 Å². The summed E-state index contributed by atoms with van der Waals surface area (Å²) in [5, 5.41) is 10.2. The van der Waals surface area contributed by atoms with Crippen LogP contribution in [-0.2, 0) is 20.5 Å². The molecule has 0 aromatic heterocycles. The highest BCUT2D eigenvalue weighted by Crippen LogP contribution is 2.19. The molecule has 1 aliphatic heterocycles. The van der Waals surface area contributed by atoms with E-state index < -0.39 is 21.4 Å². The monoisotopic (exact) mass is 303 g/mol. The summed E-state index contributed by atoms with van der Waals surface area (Å²) in [7, 11) is -3.56. The van der Waals surface area contributed by atoms with Crippen molar-refractivity contribution in [3.05, 3.63) is 35.6 Å². The molecular weight excluding hydrogens is 285 g/mol. The van der Waals surface area contributed by atoms with Gasteiger partial charge in [-0.1, -0.05) is 12.1 Å². The SMILES string of the molecule is O=S(=O)(Cc1ccc(F)cc1)NCC1(O)CCOCC1. The summed E-state index contributed by atoms with van der Waals surface area (Å²) in [6.07, 6.45) is 0.818. The molecule has 1 saturated heterocycles. The van der Waals surface area contributed by atoms with Gasteiger partial charge in [0.05, 0.1) is 11.4 Å². The van der Waals surface area contributed by atoms with E-state index >= 15 is 0 Å². The summed E-state index contributed by atoms with van der Waals surface area (Å²) < 4.78 is 44.1. The lowest BCUT2D eigenvalue weighted by Gasteiger charge is -2.31. The minimum atomic E-state index is -3.56. The van der Waals surface area contributed by atoms with Crippen LogP contribution in [0.25, 0.3) is 0 Å². The lowest BCUT2D eigenvalue weighted by atomic mass is 9.95. The fourth-order valence-corrected chi connectivity index (χ4v) is 3.25. The molecule has 0 radical (unpaired) electrons. The smallest absolute Gasteiger partial charge is 0.215 e. The third-order valence-corrected chi connectivity index (χ3v) is 4.61. The van der Waals surface area contributed by atoms with Gasteiger partial charge in [0, 0.05) is 32.6 Å². The van der Waals surface area contributed by atoms with Crippen LogP contribution >= 0.6 is 0 Å². The Labute approximate surface area is 117 Å². The second kappa shape index (κ2) is 6.17. The fourth-order valence-electron chi connectivity index (χ4n) is 2.02. The first-order valence-corrected chi connectivity index (χ1v) is 8.06. The van der Waals surface area contributed by atoms with Crippen molar-refractivity contribution in [1.82, 2.24) is 4.72 Å². The number of halogens is 1. The third-order valence-electron chi connectivity index (χ3n) is 3.31. The summed E-state index contributed by atoms with van der Waals surface area (Å²) in [4.78, 5) is 0. The van der Waals surface area contributed by atoms with Crippen molar-refractivity contribution < 1.29 is 22.7 Å². The zero-order chi connectivity index (χ0) is 14.6. The van der Waals surface area contributed by atoms with Gasteiger partial charge in [0.25, 0.3) is 0 Å². The van der Waals surface area contributed by atoms with Crippen LogP contribution in [0, 0.1) is 5.82 Å². The van der Waals surface area contributed by atoms with Crippen LogP contribution in [0.1, 0.15) is 18.4 Å². The lowest BCUT2D eigenvalue weighted by Crippen LogP contribution is -2.46. The molecule has 0 aliphatic carbocycles. The number of nitrogens with one attached hydrogen (secondary N) is 1. The van der Waals surface area contributed by atoms with Gasteiger partial charge in [0.2, 0.25) is 10.0 Å². The molecule has 0 amide bonds. The van der Waals surface area contributed by atoms with Gasteiger partial charge >= 0.3 is 0 Å². The molecule has 5 nitrogen and oxygen atoms in total. The van der Waals surface area contributed by atoms with Crippen molar-refractivity contribution in [2.24, 2.45) is 0 Å². The van der Waals surface area contributed by atoms with Gasteiger partial charge in [0.15, 0.2) is 0 Å². The number of benzene rings is 1. The highest BCUT2D eigenvalue weighted by atomic mass is 32.2. The first-order chi connectivity index (χ1) is 9.39. The summed E-state index contributed by atoms with van der Waals surface area (Å²) in [6.45, 7) is 0.826. The Bertz CT molecular complexity index is 538. The second-order valence-electron chi connectivity index (χ2n) is 5.04. The maximum atomic E-state index is 12.8. The van der Waals surface area contributed by atoms with Crippen molar-refractivity contribution >= 4 is 10.0 Å². The predicted molar refractivity (Wildman–Crippen MR) is 72.0 cm³/mol. The van der Waals surface area contributed by atoms with Gasteiger partial charge in [-0.2, -0.15) is 0 Å². The van der Waals surface area contributed by atoms with Crippen LogP contribution in [0.15, 0.2) is 24.3 Å². The number of rotatable bonds is 5. The Morgan fingerprint density at radius 3 is 2.45 bits per heavy atom. The molecule has 20 heavy (non-hydrogen) atoms. The first kappa shape index (κ1) is 15.4. The Hall–Kier alpha value is -1.02. The molecule has 1 aliphatic rings. The van der Waals surface area contributed by atoms with E-state index in [0.717, 1.165) is 0 Å². The van der Waals surface area contributed by atoms with E-state index in [0.29, 0.717) is 31.6 Å². The number of hydrogen-bond donors (Lipinski definition) is 2. The van der Waals surface area contributed by atoms with Crippen LogP contribution in [0.5, 0.6) is 0 Å². The highest BCUT2D eigenvalue weighted by Gasteiger charge is 2.31. The Morgan fingerprint density at radius 2 is 1.85 bits per heavy atom. The normalized spacial score (nSPS) is 18.9. The Kier molecular flexibility index (Phi) is 4.74. The molecule has 112 valence electrons. The molecule has 0 saturated carbocycles. The van der Waals surface area contributed by atoms with Gasteiger partial charge < -0.3 is 9.84 Å². The highest BCUT2D eigenvalue weighted by molar-refractivity contribution is 7.88. The molecule has 1 heterocycles. The Balaban J connectivity index is 1.92. The molecule has 0 atom stereocenters. The molecule has 0 spiro atoms. The zero-order valence-corrected chi connectivity index (χ0v) is 11.8. The van der Waals surface area contributed by atoms with E-state index in [1.54, 1.807) is 0 Å². The van der Waals surface area contributed by atoms with Gasteiger partial charge in [-0.25, -0.2) is 17.5 Å². The molecular formula is C13H18FNO4S. The zero-order valence-electron chi connectivity index (χ0n) is 11.0. The van der Waals surface area contributed by atoms with Crippen LogP contribution in [0.4, 0.5) is 4.39 Å². The lowest BCUT2D eigenvalue weighted by molar-refractivity contribution is -0.0588. The van der Waals surface area contributed by atoms with Crippen molar-refractivity contribution in [3.8, 4) is 0 Å². The average molecular weight is 303 g/mol. The number of sulfonamides is 1. The average Bonchev–Trinajstić information content (AvgIpc) is 2.40. The van der Waals surface area contributed by atoms with Crippen molar-refractivity contribution in [3.63, 3.8) is 0 Å². The fraction of sp³-hybridized carbons (Fsp3) is 0.538. The molecule has 2 rings (SSSR count). The van der Waals surface area contributed by atoms with E-state index in [9.17, 15) is 17.9 Å². The third kappa shape index (κ3) is 4.52. The minimum Gasteiger partial charge on any atom is -0.388 e. The largest absolute Gasteiger partial charge is 0.388 e. The van der Waals surface area contributed by atoms with E-state index in [2.05, 4.69) is 4.72 Å². The molecule has 1 fully saturated rings. The number of aliphatic hydroxyl groups is 1. The Morgan fingerprint density at radius 1 is 1.25 bits per heavy atom. The molecule has 0 bridgehead atoms. The van der Waals surface area contributed by atoms with Gasteiger partial charge in [-0.15, -0.1) is 0 Å². The summed E-state index contributed by atoms with van der Waals surface area (Å²) in [6, 6.07) is 5.29. The van der Waals surface area contributed by atoms with Crippen LogP contribution in [0.2, 0.25) is 0 Å². The van der Waals surface area contributed by atoms with E-state index in [-0.39, 0.29) is 12.3 Å². The van der Waals surface area contributed by atoms with E-state index in [1.165, 1.54) is 24.3 Å². The standard InChI is InChI=1S/C13H18FNO4S/c14-12-3-1-11(2-4-12)9-20(17,18)15-10-13(16)5-7-19-8-6-13/h1-4,15-16H,5-10H2. The van der Waals surface area contributed by atoms with Gasteiger partial charge in [-0.3, -0.25) is 0 Å². The summed E-state index contributed by atoms with van der Waals surface area (Å²) >= 11 is 0. The topological polar surface area (TPSA) is 75.6 Å². The van der Waals surface area contributed by atoms with Crippen LogP contribution in [-0.4, -0.2) is 38.9 Å². The number of ether oxygens (including phenoxy) is 1. The van der Waals surface area contributed by atoms with Crippen LogP contribution in [0.3, 0.4) is 0 Å². The number of hydrogen-bond acceptors (Lipinski definition) is 4. The quantitative estimate of drug-likeness (QED) is 0.843. The molecule has 1 aromatic rings. The minimum absolute atomic E-state index is 0.0279. The van der Waals surface area contributed by atoms with E-state index in [1.807, 2.05) is 0 Å². The molecule has 7 heteroatoms. The predicted octanol–water partition coefficient (Wildman–Crippen LogP) is 0.787. The van der Waals surface area contributed by atoms with Gasteiger partial charge in [0.1, 0.15) is 5.82 Å². The second-order valence-corrected chi connectivity index (χ2v) is 6.85. The van der Waals surface area contributed by atoms with Crippen molar-refractivity contribution in [2.45, 2.75) is 24.2 Å². The molecule has 2 N–H and O–H groups in total. The van der Waals surface area contributed by atoms with Crippen molar-refractivity contribution in [1.29, 1.82) is 0 Å². The molecule has 0 unspecified atom stereocenters. The maximum absolute atomic E-state index is 12.8. The van der Waals surface area contributed by atoms with E-state index in [4.69, 9.17) is 4.74 Å². The van der Waals surface area contributed by atoms with Crippen LogP contribution < -0.4 is 4.72 Å². The summed E-state index contributed by atoms with van der Waals surface area (Å²) in [5.74, 6) is -0.643.